The van der Waals surface area contributed by atoms with Crippen molar-refractivity contribution in [3.05, 3.63) is 23.3 Å². The number of aryl methyl sites for hydroxylation is 1. The van der Waals surface area contributed by atoms with E-state index in [4.69, 9.17) is 4.74 Å². The molecule has 0 unspecified atom stereocenters. The van der Waals surface area contributed by atoms with Crippen LogP contribution in [-0.2, 0) is 32.0 Å². The van der Waals surface area contributed by atoms with Crippen LogP contribution in [-0.4, -0.2) is 68.6 Å². The van der Waals surface area contributed by atoms with Crippen molar-refractivity contribution < 1.29 is 19.1 Å². The summed E-state index contributed by atoms with van der Waals surface area (Å²) in [7, 11) is 0. The van der Waals surface area contributed by atoms with Crippen molar-refractivity contribution in [3.63, 3.8) is 0 Å². The molecule has 3 amide bonds. The number of carbonyl (C=O) groups is 3. The number of ether oxygens (including phenoxy) is 1. The molecule has 1 aromatic rings. The van der Waals surface area contributed by atoms with Crippen molar-refractivity contribution in [2.75, 3.05) is 56.2 Å². The molecule has 1 saturated heterocycles. The molecule has 0 aliphatic carbocycles. The average molecular weight is 386 g/mol. The minimum absolute atomic E-state index is 0.166. The first-order valence-electron chi connectivity index (χ1n) is 9.97. The number of hydrogen-bond donors (Lipinski definition) is 2. The van der Waals surface area contributed by atoms with Crippen LogP contribution in [0.3, 0.4) is 0 Å². The fourth-order valence-corrected chi connectivity index (χ4v) is 4.13. The molecule has 0 atom stereocenters. The predicted octanol–water partition coefficient (Wildman–Crippen LogP) is 0.299. The van der Waals surface area contributed by atoms with Crippen LogP contribution >= 0.6 is 0 Å². The predicted molar refractivity (Wildman–Crippen MR) is 104 cm³/mol. The highest BCUT2D eigenvalue weighted by Crippen LogP contribution is 2.38. The van der Waals surface area contributed by atoms with E-state index in [1.54, 1.807) is 0 Å². The Hall–Kier alpha value is -2.45. The molecule has 2 N–H and O–H groups in total. The van der Waals surface area contributed by atoms with Gasteiger partial charge in [0.25, 0.3) is 0 Å². The molecule has 28 heavy (non-hydrogen) atoms. The third-order valence-electron chi connectivity index (χ3n) is 5.56. The van der Waals surface area contributed by atoms with Crippen molar-refractivity contribution in [2.24, 2.45) is 0 Å². The summed E-state index contributed by atoms with van der Waals surface area (Å²) < 4.78 is 5.31. The Morgan fingerprint density at radius 2 is 1.75 bits per heavy atom. The molecule has 8 nitrogen and oxygen atoms in total. The summed E-state index contributed by atoms with van der Waals surface area (Å²) in [6.45, 7) is 5.39. The molecule has 0 radical (unpaired) electrons. The van der Waals surface area contributed by atoms with Gasteiger partial charge in [0, 0.05) is 38.3 Å². The minimum atomic E-state index is -0.653. The smallest absolute Gasteiger partial charge is 0.313 e. The number of anilines is 2. The van der Waals surface area contributed by atoms with Crippen molar-refractivity contribution in [2.45, 2.75) is 25.7 Å². The van der Waals surface area contributed by atoms with Gasteiger partial charge >= 0.3 is 11.8 Å². The lowest BCUT2D eigenvalue weighted by Gasteiger charge is -2.26. The van der Waals surface area contributed by atoms with Crippen LogP contribution in [0.1, 0.15) is 24.0 Å². The van der Waals surface area contributed by atoms with Crippen LogP contribution in [0.5, 0.6) is 0 Å². The number of hydrogen-bond acceptors (Lipinski definition) is 5. The van der Waals surface area contributed by atoms with Gasteiger partial charge in [0.1, 0.15) is 0 Å². The molecule has 0 aromatic heterocycles. The van der Waals surface area contributed by atoms with Crippen LogP contribution in [0.2, 0.25) is 0 Å². The van der Waals surface area contributed by atoms with Gasteiger partial charge in [0.2, 0.25) is 5.91 Å². The van der Waals surface area contributed by atoms with Gasteiger partial charge in [0.15, 0.2) is 0 Å². The topological polar surface area (TPSA) is 91.0 Å². The van der Waals surface area contributed by atoms with Gasteiger partial charge in [-0.15, -0.1) is 0 Å². The second-order valence-electron chi connectivity index (χ2n) is 7.46. The molecule has 3 aliphatic heterocycles. The van der Waals surface area contributed by atoms with Gasteiger partial charge in [-0.3, -0.25) is 19.3 Å². The quantitative estimate of drug-likeness (QED) is 0.561. The van der Waals surface area contributed by atoms with E-state index in [0.29, 0.717) is 31.6 Å². The SMILES string of the molecule is O=C(NCCCN1CCOCC1)C(=O)Nc1cc2c3c(c1)CCN3C(=O)CC2. The monoisotopic (exact) mass is 386 g/mol. The van der Waals surface area contributed by atoms with Crippen LogP contribution in [0.4, 0.5) is 11.4 Å². The highest BCUT2D eigenvalue weighted by molar-refractivity contribution is 6.39. The normalized spacial score (nSPS) is 18.7. The molecule has 3 heterocycles. The van der Waals surface area contributed by atoms with E-state index in [0.717, 1.165) is 62.5 Å². The summed E-state index contributed by atoms with van der Waals surface area (Å²) in [5, 5.41) is 5.39. The van der Waals surface area contributed by atoms with E-state index in [2.05, 4.69) is 15.5 Å². The van der Waals surface area contributed by atoms with Gasteiger partial charge in [-0.2, -0.15) is 0 Å². The zero-order chi connectivity index (χ0) is 19.5. The summed E-state index contributed by atoms with van der Waals surface area (Å²) >= 11 is 0. The maximum absolute atomic E-state index is 12.2. The number of nitrogens with one attached hydrogen (secondary N) is 2. The maximum atomic E-state index is 12.2. The number of amides is 3. The lowest BCUT2D eigenvalue weighted by atomic mass is 9.98. The van der Waals surface area contributed by atoms with Crippen molar-refractivity contribution >= 4 is 29.1 Å². The fourth-order valence-electron chi connectivity index (χ4n) is 4.13. The van der Waals surface area contributed by atoms with E-state index in [9.17, 15) is 14.4 Å². The molecule has 1 aromatic carbocycles. The Bertz CT molecular complexity index is 789. The number of rotatable bonds is 5. The Kier molecular flexibility index (Phi) is 5.59. The molecule has 4 rings (SSSR count). The summed E-state index contributed by atoms with van der Waals surface area (Å²) in [6.07, 6.45) is 2.75. The van der Waals surface area contributed by atoms with E-state index in [1.807, 2.05) is 17.0 Å². The first kappa shape index (κ1) is 18.9. The summed E-state index contributed by atoms with van der Waals surface area (Å²) in [4.78, 5) is 40.4. The lowest BCUT2D eigenvalue weighted by molar-refractivity contribution is -0.136. The Morgan fingerprint density at radius 1 is 1.00 bits per heavy atom. The standard InChI is InChI=1S/C20H26N4O4/c25-17-3-2-14-12-16(13-15-4-7-24(17)18(14)15)22-20(27)19(26)21-5-1-6-23-8-10-28-11-9-23/h12-13H,1-11H2,(H,21,26)(H,22,27). The second-order valence-corrected chi connectivity index (χ2v) is 7.46. The molecule has 3 aliphatic rings. The van der Waals surface area contributed by atoms with Crippen LogP contribution in [0.15, 0.2) is 12.1 Å². The number of carbonyl (C=O) groups excluding carboxylic acids is 3. The van der Waals surface area contributed by atoms with E-state index in [-0.39, 0.29) is 5.91 Å². The third kappa shape index (κ3) is 4.02. The van der Waals surface area contributed by atoms with Crippen LogP contribution in [0.25, 0.3) is 0 Å². The van der Waals surface area contributed by atoms with Gasteiger partial charge in [-0.25, -0.2) is 0 Å². The van der Waals surface area contributed by atoms with Crippen molar-refractivity contribution in [3.8, 4) is 0 Å². The molecule has 150 valence electrons. The number of nitrogens with zero attached hydrogens (tertiary/aromatic N) is 2. The van der Waals surface area contributed by atoms with Crippen molar-refractivity contribution in [1.82, 2.24) is 10.2 Å². The number of benzene rings is 1. The summed E-state index contributed by atoms with van der Waals surface area (Å²) in [5.41, 5.74) is 3.75. The highest BCUT2D eigenvalue weighted by atomic mass is 16.5. The first-order chi connectivity index (χ1) is 13.6. The van der Waals surface area contributed by atoms with Gasteiger partial charge in [-0.05, 0) is 49.1 Å². The van der Waals surface area contributed by atoms with Crippen molar-refractivity contribution in [1.29, 1.82) is 0 Å². The minimum Gasteiger partial charge on any atom is -0.379 e. The van der Waals surface area contributed by atoms with Crippen LogP contribution < -0.4 is 15.5 Å². The van der Waals surface area contributed by atoms with Crippen LogP contribution in [0, 0.1) is 0 Å². The van der Waals surface area contributed by atoms with E-state index in [1.165, 1.54) is 0 Å². The molecule has 1 fully saturated rings. The zero-order valence-corrected chi connectivity index (χ0v) is 16.0. The van der Waals surface area contributed by atoms with E-state index >= 15 is 0 Å². The second kappa shape index (κ2) is 8.28. The largest absolute Gasteiger partial charge is 0.379 e. The Morgan fingerprint density at radius 3 is 2.54 bits per heavy atom. The third-order valence-corrected chi connectivity index (χ3v) is 5.56. The van der Waals surface area contributed by atoms with Gasteiger partial charge in [-0.1, -0.05) is 0 Å². The van der Waals surface area contributed by atoms with E-state index < -0.39 is 11.8 Å². The highest BCUT2D eigenvalue weighted by Gasteiger charge is 2.31. The Balaban J connectivity index is 1.28. The molecule has 0 spiro atoms. The Labute approximate surface area is 164 Å². The van der Waals surface area contributed by atoms with Gasteiger partial charge in [0.05, 0.1) is 18.9 Å². The number of morpholine rings is 1. The van der Waals surface area contributed by atoms with Gasteiger partial charge < -0.3 is 20.3 Å². The maximum Gasteiger partial charge on any atom is 0.313 e. The summed E-state index contributed by atoms with van der Waals surface area (Å²) in [6, 6.07) is 3.76. The molecular weight excluding hydrogens is 360 g/mol. The molecular formula is C20H26N4O4. The lowest BCUT2D eigenvalue weighted by Crippen LogP contribution is -2.39. The molecule has 0 bridgehead atoms. The zero-order valence-electron chi connectivity index (χ0n) is 16.0. The molecule has 8 heteroatoms. The first-order valence-corrected chi connectivity index (χ1v) is 9.97. The molecule has 0 saturated carbocycles. The fraction of sp³-hybridized carbons (Fsp3) is 0.550. The summed E-state index contributed by atoms with van der Waals surface area (Å²) in [5.74, 6) is -1.10. The average Bonchev–Trinajstić information content (AvgIpc) is 3.14.